The summed E-state index contributed by atoms with van der Waals surface area (Å²) in [5.41, 5.74) is 1.06. The highest BCUT2D eigenvalue weighted by Crippen LogP contribution is 2.27. The van der Waals surface area contributed by atoms with Crippen LogP contribution in [0, 0.1) is 13.8 Å². The molecule has 2 rings (SSSR count). The van der Waals surface area contributed by atoms with Crippen molar-refractivity contribution in [2.75, 3.05) is 6.61 Å². The summed E-state index contributed by atoms with van der Waals surface area (Å²) < 4.78 is 43.8. The number of benzene rings is 1. The number of alkyl halides is 3. The van der Waals surface area contributed by atoms with Gasteiger partial charge in [0, 0.05) is 6.20 Å². The topological polar surface area (TPSA) is 47.3 Å². The van der Waals surface area contributed by atoms with Crippen molar-refractivity contribution in [2.45, 2.75) is 32.7 Å². The summed E-state index contributed by atoms with van der Waals surface area (Å²) in [6.45, 7) is 3.76. The molecule has 1 heterocycles. The zero-order valence-electron chi connectivity index (χ0n) is 12.3. The van der Waals surface area contributed by atoms with Crippen LogP contribution in [0.1, 0.15) is 16.8 Å². The van der Waals surface area contributed by atoms with Crippen molar-refractivity contribution in [2.24, 2.45) is 0 Å². The van der Waals surface area contributed by atoms with Gasteiger partial charge in [-0.1, -0.05) is 17.7 Å². The van der Waals surface area contributed by atoms with E-state index in [1.165, 1.54) is 6.20 Å². The molecule has 2 aromatic rings. The average molecular weight is 314 g/mol. The summed E-state index contributed by atoms with van der Waals surface area (Å²) in [6, 6.07) is 6.51. The van der Waals surface area contributed by atoms with E-state index in [2.05, 4.69) is 5.10 Å². The second kappa shape index (κ2) is 6.39. The van der Waals surface area contributed by atoms with Gasteiger partial charge in [0.1, 0.15) is 18.5 Å². The highest BCUT2D eigenvalue weighted by Gasteiger charge is 2.33. The number of rotatable bonds is 5. The summed E-state index contributed by atoms with van der Waals surface area (Å²) in [6.07, 6.45) is -4.25. The maximum atomic E-state index is 12.4. The SMILES string of the molecule is Cc1ccc(OCC(O)Cn2ccc(C(F)(F)F)n2)c(C)c1. The third-order valence-electron chi connectivity index (χ3n) is 3.09. The van der Waals surface area contributed by atoms with Crippen molar-refractivity contribution < 1.29 is 23.0 Å². The van der Waals surface area contributed by atoms with Gasteiger partial charge in [0.2, 0.25) is 0 Å². The normalized spacial score (nSPS) is 13.2. The Bertz CT molecular complexity index is 638. The first-order valence-corrected chi connectivity index (χ1v) is 6.74. The van der Waals surface area contributed by atoms with E-state index in [0.29, 0.717) is 5.75 Å². The van der Waals surface area contributed by atoms with Gasteiger partial charge in [0.25, 0.3) is 0 Å². The third-order valence-corrected chi connectivity index (χ3v) is 3.09. The zero-order chi connectivity index (χ0) is 16.3. The Kier molecular flexibility index (Phi) is 4.75. The van der Waals surface area contributed by atoms with E-state index in [9.17, 15) is 18.3 Å². The number of hydrogen-bond donors (Lipinski definition) is 1. The van der Waals surface area contributed by atoms with E-state index >= 15 is 0 Å². The van der Waals surface area contributed by atoms with E-state index in [1.54, 1.807) is 6.07 Å². The van der Waals surface area contributed by atoms with Crippen LogP contribution >= 0.6 is 0 Å². The van der Waals surface area contributed by atoms with Crippen LogP contribution in [-0.4, -0.2) is 27.6 Å². The number of ether oxygens (including phenoxy) is 1. The Labute approximate surface area is 126 Å². The molecule has 1 aromatic carbocycles. The molecular weight excluding hydrogens is 297 g/mol. The molecule has 0 saturated carbocycles. The Hall–Kier alpha value is -2.02. The largest absolute Gasteiger partial charge is 0.491 e. The van der Waals surface area contributed by atoms with Crippen LogP contribution in [0.5, 0.6) is 5.75 Å². The van der Waals surface area contributed by atoms with Crippen molar-refractivity contribution in [1.29, 1.82) is 0 Å². The number of halogens is 3. The molecule has 1 atom stereocenters. The van der Waals surface area contributed by atoms with Gasteiger partial charge in [0.15, 0.2) is 5.69 Å². The lowest BCUT2D eigenvalue weighted by molar-refractivity contribution is -0.141. The molecule has 0 bridgehead atoms. The van der Waals surface area contributed by atoms with Gasteiger partial charge in [-0.3, -0.25) is 4.68 Å². The van der Waals surface area contributed by atoms with Gasteiger partial charge in [-0.2, -0.15) is 18.3 Å². The Morgan fingerprint density at radius 1 is 1.27 bits per heavy atom. The standard InChI is InChI=1S/C15H17F3N2O2/c1-10-3-4-13(11(2)7-10)22-9-12(21)8-20-6-5-14(19-20)15(16,17)18/h3-7,12,21H,8-9H2,1-2H3. The molecule has 120 valence electrons. The lowest BCUT2D eigenvalue weighted by atomic mass is 10.1. The number of aliphatic hydroxyl groups excluding tert-OH is 1. The maximum absolute atomic E-state index is 12.4. The van der Waals surface area contributed by atoms with Crippen molar-refractivity contribution in [3.8, 4) is 5.75 Å². The van der Waals surface area contributed by atoms with Crippen LogP contribution < -0.4 is 4.74 Å². The molecule has 0 spiro atoms. The molecule has 0 aliphatic carbocycles. The summed E-state index contributed by atoms with van der Waals surface area (Å²) >= 11 is 0. The highest BCUT2D eigenvalue weighted by molar-refractivity contribution is 5.35. The average Bonchev–Trinajstić information content (AvgIpc) is 2.86. The summed E-state index contributed by atoms with van der Waals surface area (Å²) in [5, 5.41) is 13.2. The number of aryl methyl sites for hydroxylation is 2. The Morgan fingerprint density at radius 2 is 2.00 bits per heavy atom. The lowest BCUT2D eigenvalue weighted by Gasteiger charge is -2.14. The number of aromatic nitrogens is 2. The molecule has 1 N–H and O–H groups in total. The van der Waals surface area contributed by atoms with Crippen LogP contribution in [0.25, 0.3) is 0 Å². The molecule has 0 amide bonds. The molecule has 0 fully saturated rings. The van der Waals surface area contributed by atoms with Gasteiger partial charge in [0.05, 0.1) is 6.54 Å². The first-order valence-electron chi connectivity index (χ1n) is 6.74. The molecule has 0 radical (unpaired) electrons. The van der Waals surface area contributed by atoms with Gasteiger partial charge < -0.3 is 9.84 Å². The first-order chi connectivity index (χ1) is 10.3. The van der Waals surface area contributed by atoms with Crippen molar-refractivity contribution in [1.82, 2.24) is 9.78 Å². The molecule has 7 heteroatoms. The van der Waals surface area contributed by atoms with E-state index in [0.717, 1.165) is 21.9 Å². The molecule has 22 heavy (non-hydrogen) atoms. The zero-order valence-corrected chi connectivity index (χ0v) is 12.3. The van der Waals surface area contributed by atoms with Crippen LogP contribution in [0.4, 0.5) is 13.2 Å². The Morgan fingerprint density at radius 3 is 2.59 bits per heavy atom. The van der Waals surface area contributed by atoms with Crippen LogP contribution in [0.15, 0.2) is 30.5 Å². The minimum absolute atomic E-state index is 0.0227. The monoisotopic (exact) mass is 314 g/mol. The van der Waals surface area contributed by atoms with Crippen molar-refractivity contribution >= 4 is 0 Å². The van der Waals surface area contributed by atoms with Crippen molar-refractivity contribution in [3.05, 3.63) is 47.3 Å². The lowest BCUT2D eigenvalue weighted by Crippen LogP contribution is -2.24. The van der Waals surface area contributed by atoms with Crippen LogP contribution in [0.2, 0.25) is 0 Å². The first kappa shape index (κ1) is 16.4. The van der Waals surface area contributed by atoms with Gasteiger partial charge in [-0.05, 0) is 31.5 Å². The summed E-state index contributed by atoms with van der Waals surface area (Å²) in [5.74, 6) is 0.640. The molecule has 1 aromatic heterocycles. The minimum atomic E-state index is -4.48. The molecule has 0 aliphatic heterocycles. The van der Waals surface area contributed by atoms with Crippen LogP contribution in [0.3, 0.4) is 0 Å². The third kappa shape index (κ3) is 4.24. The van der Waals surface area contributed by atoms with Gasteiger partial charge in [-0.15, -0.1) is 0 Å². The second-order valence-electron chi connectivity index (χ2n) is 5.15. The number of hydrogen-bond acceptors (Lipinski definition) is 3. The van der Waals surface area contributed by atoms with Gasteiger partial charge >= 0.3 is 6.18 Å². The van der Waals surface area contributed by atoms with Gasteiger partial charge in [-0.25, -0.2) is 0 Å². The van der Waals surface area contributed by atoms with E-state index in [-0.39, 0.29) is 13.2 Å². The molecule has 1 unspecified atom stereocenters. The fourth-order valence-corrected chi connectivity index (χ4v) is 2.03. The minimum Gasteiger partial charge on any atom is -0.491 e. The Balaban J connectivity index is 1.90. The predicted octanol–water partition coefficient (Wildman–Crippen LogP) is 2.96. The molecule has 0 saturated heterocycles. The fraction of sp³-hybridized carbons (Fsp3) is 0.400. The highest BCUT2D eigenvalue weighted by atomic mass is 19.4. The van der Waals surface area contributed by atoms with E-state index < -0.39 is 18.0 Å². The maximum Gasteiger partial charge on any atom is 0.435 e. The van der Waals surface area contributed by atoms with E-state index in [4.69, 9.17) is 4.74 Å². The predicted molar refractivity (Wildman–Crippen MR) is 74.6 cm³/mol. The summed E-state index contributed by atoms with van der Waals surface area (Å²) in [4.78, 5) is 0. The molecule has 4 nitrogen and oxygen atoms in total. The number of nitrogens with zero attached hydrogens (tertiary/aromatic N) is 2. The fourth-order valence-electron chi connectivity index (χ4n) is 2.03. The van der Waals surface area contributed by atoms with Crippen molar-refractivity contribution in [3.63, 3.8) is 0 Å². The molecular formula is C15H17F3N2O2. The van der Waals surface area contributed by atoms with E-state index in [1.807, 2.05) is 26.0 Å². The quantitative estimate of drug-likeness (QED) is 0.923. The van der Waals surface area contributed by atoms with Crippen LogP contribution in [-0.2, 0) is 12.7 Å². The number of aliphatic hydroxyl groups is 1. The molecule has 0 aliphatic rings. The second-order valence-corrected chi connectivity index (χ2v) is 5.15. The smallest absolute Gasteiger partial charge is 0.435 e. The summed E-state index contributed by atoms with van der Waals surface area (Å²) in [7, 11) is 0.